The molecule has 1 atom stereocenters. The van der Waals surface area contributed by atoms with Crippen molar-refractivity contribution in [2.45, 2.75) is 44.6 Å². The molecule has 37 heavy (non-hydrogen) atoms. The number of methoxy groups -OCH3 is 1. The Morgan fingerprint density at radius 3 is 2.59 bits per heavy atom. The maximum Gasteiger partial charge on any atom is 0.303 e. The van der Waals surface area contributed by atoms with Crippen LogP contribution in [0.2, 0.25) is 0 Å². The number of nitrogens with zero attached hydrogens (tertiary/aromatic N) is 2. The summed E-state index contributed by atoms with van der Waals surface area (Å²) in [7, 11) is 1.62. The largest absolute Gasteiger partial charge is 0.496 e. The van der Waals surface area contributed by atoms with E-state index in [9.17, 15) is 9.59 Å². The van der Waals surface area contributed by atoms with Crippen molar-refractivity contribution < 1.29 is 24.3 Å². The number of carboxylic acid groups (broad SMARTS) is 1. The molecule has 1 saturated carbocycles. The number of ether oxygens (including phenoxy) is 1. The van der Waals surface area contributed by atoms with Crippen LogP contribution in [0.15, 0.2) is 77.7 Å². The van der Waals surface area contributed by atoms with Crippen LogP contribution in [0, 0.1) is 5.92 Å². The highest BCUT2D eigenvalue weighted by molar-refractivity contribution is 5.99. The van der Waals surface area contributed by atoms with Gasteiger partial charge < -0.3 is 15.2 Å². The summed E-state index contributed by atoms with van der Waals surface area (Å²) in [6.07, 6.45) is 10.2. The van der Waals surface area contributed by atoms with Crippen LogP contribution in [0.25, 0.3) is 0 Å². The zero-order valence-electron chi connectivity index (χ0n) is 21.0. The zero-order chi connectivity index (χ0) is 25.8. The molecule has 1 amide bonds. The molecule has 2 aliphatic heterocycles. The van der Waals surface area contributed by atoms with Gasteiger partial charge in [-0.15, -0.1) is 0 Å². The van der Waals surface area contributed by atoms with Gasteiger partial charge in [-0.25, -0.2) is 4.90 Å². The number of hydrogen-bond donors (Lipinski definition) is 3. The molecule has 0 spiro atoms. The number of hydrogen-bond acceptors (Lipinski definition) is 5. The molecule has 0 radical (unpaired) electrons. The predicted molar refractivity (Wildman–Crippen MR) is 141 cm³/mol. The lowest BCUT2D eigenvalue weighted by Gasteiger charge is -2.29. The summed E-state index contributed by atoms with van der Waals surface area (Å²) >= 11 is 0. The summed E-state index contributed by atoms with van der Waals surface area (Å²) < 4.78 is 5.36. The number of amidine groups is 1. The molecule has 3 N–H and O–H groups in total. The molecule has 1 unspecified atom stereocenters. The summed E-state index contributed by atoms with van der Waals surface area (Å²) in [5, 5.41) is 12.0. The third kappa shape index (κ3) is 5.75. The second kappa shape index (κ2) is 11.0. The quantitative estimate of drug-likeness (QED) is 0.517. The van der Waals surface area contributed by atoms with E-state index in [4.69, 9.17) is 9.84 Å². The molecule has 1 aliphatic carbocycles. The first-order chi connectivity index (χ1) is 18.0. The van der Waals surface area contributed by atoms with Crippen LogP contribution < -0.4 is 19.9 Å². The number of amides is 1. The van der Waals surface area contributed by atoms with Gasteiger partial charge in [0.15, 0.2) is 12.4 Å². The maximum absolute atomic E-state index is 12.8. The van der Waals surface area contributed by atoms with Crippen molar-refractivity contribution in [2.24, 2.45) is 10.9 Å². The van der Waals surface area contributed by atoms with Gasteiger partial charge >= 0.3 is 5.97 Å². The normalized spacial score (nSPS) is 22.6. The number of carbonyl (C=O) groups excluding carboxylic acids is 1. The number of fused-ring (bicyclic) bond motifs is 1. The molecule has 2 aromatic carbocycles. The first kappa shape index (κ1) is 24.8. The van der Waals surface area contributed by atoms with Gasteiger partial charge in [0.05, 0.1) is 7.11 Å². The van der Waals surface area contributed by atoms with Crippen molar-refractivity contribution in [1.29, 1.82) is 0 Å². The standard InChI is InChI=1S/C29H32N4O4/c1-37-26-5-3-2-4-23(26)17-30-29(36)25-18-33-19-32(15-14-27(33)31-25)24-12-10-22(11-13-24)21-8-6-20(7-9-21)16-28(34)35/h2-5,10-15,18,20-21H,6-9,16-17,19H2,1H3,(H,30,36)(H,34,35)/p+1. The first-order valence-electron chi connectivity index (χ1n) is 12.8. The van der Waals surface area contributed by atoms with E-state index in [1.807, 2.05) is 42.7 Å². The van der Waals surface area contributed by atoms with Crippen molar-refractivity contribution in [3.8, 4) is 5.75 Å². The average molecular weight is 502 g/mol. The minimum Gasteiger partial charge on any atom is -0.496 e. The van der Waals surface area contributed by atoms with E-state index in [1.165, 1.54) is 5.56 Å². The Balaban J connectivity index is 1.16. The van der Waals surface area contributed by atoms with Crippen molar-refractivity contribution in [2.75, 3.05) is 18.7 Å². The fraction of sp³-hybridized carbons (Fsp3) is 0.345. The minimum absolute atomic E-state index is 0.206. The van der Waals surface area contributed by atoms with Gasteiger partial charge in [0.1, 0.15) is 11.9 Å². The summed E-state index contributed by atoms with van der Waals surface area (Å²) in [5.41, 5.74) is 3.74. The van der Waals surface area contributed by atoms with E-state index in [-0.39, 0.29) is 12.3 Å². The maximum atomic E-state index is 12.8. The molecule has 1 fully saturated rings. The minimum atomic E-state index is -0.689. The second-order valence-corrected chi connectivity index (χ2v) is 9.90. The molecule has 192 valence electrons. The van der Waals surface area contributed by atoms with Crippen LogP contribution in [-0.4, -0.2) is 36.6 Å². The Labute approximate surface area is 216 Å². The monoisotopic (exact) mass is 501 g/mol. The molecule has 8 nitrogen and oxygen atoms in total. The summed E-state index contributed by atoms with van der Waals surface area (Å²) in [6.45, 7) is 1.02. The highest BCUT2D eigenvalue weighted by Crippen LogP contribution is 2.37. The Kier molecular flexibility index (Phi) is 7.37. The van der Waals surface area contributed by atoms with E-state index >= 15 is 0 Å². The number of quaternary nitrogens is 1. The Hall–Kier alpha value is -3.91. The third-order valence-corrected chi connectivity index (χ3v) is 7.50. The molecule has 0 aromatic heterocycles. The lowest BCUT2D eigenvalue weighted by molar-refractivity contribution is -0.742. The second-order valence-electron chi connectivity index (χ2n) is 9.90. The van der Waals surface area contributed by atoms with Gasteiger partial charge in [-0.1, -0.05) is 30.3 Å². The van der Waals surface area contributed by atoms with Crippen LogP contribution in [0.3, 0.4) is 0 Å². The van der Waals surface area contributed by atoms with Crippen LogP contribution in [0.1, 0.15) is 49.1 Å². The van der Waals surface area contributed by atoms with E-state index in [2.05, 4.69) is 39.5 Å². The van der Waals surface area contributed by atoms with Crippen LogP contribution in [0.5, 0.6) is 5.75 Å². The molecule has 0 bridgehead atoms. The molecular formula is C29H33N4O4+. The zero-order valence-corrected chi connectivity index (χ0v) is 21.0. The molecule has 3 aliphatic rings. The number of anilines is 1. The van der Waals surface area contributed by atoms with Crippen molar-refractivity contribution in [3.05, 3.63) is 83.8 Å². The molecule has 8 heteroatoms. The van der Waals surface area contributed by atoms with E-state index in [0.717, 1.165) is 53.4 Å². The van der Waals surface area contributed by atoms with Gasteiger partial charge in [-0.2, -0.15) is 4.99 Å². The SMILES string of the molecule is COc1ccccc1CNC(=O)C1=C[NH+]2CN(c3ccc(C4CCC(CC(=O)O)CC4)cc3)C=CC2=N1. The number of aliphatic imine (C=N–C) groups is 1. The number of nitrogens with one attached hydrogen (secondary N) is 2. The lowest BCUT2D eigenvalue weighted by atomic mass is 9.77. The molecular weight excluding hydrogens is 468 g/mol. The summed E-state index contributed by atoms with van der Waals surface area (Å²) in [4.78, 5) is 31.5. The summed E-state index contributed by atoms with van der Waals surface area (Å²) in [6, 6.07) is 16.3. The molecule has 0 saturated heterocycles. The number of carbonyl (C=O) groups is 2. The van der Waals surface area contributed by atoms with Gasteiger partial charge in [0.25, 0.3) is 5.91 Å². The van der Waals surface area contributed by atoms with Gasteiger partial charge in [0.2, 0.25) is 5.84 Å². The number of para-hydroxylation sites is 1. The van der Waals surface area contributed by atoms with Crippen molar-refractivity contribution >= 4 is 23.4 Å². The molecule has 2 aromatic rings. The highest BCUT2D eigenvalue weighted by Gasteiger charge is 2.30. The average Bonchev–Trinajstić information content (AvgIpc) is 3.36. The lowest BCUT2D eigenvalue weighted by Crippen LogP contribution is -3.11. The number of aliphatic carboxylic acids is 1. The molecule has 5 rings (SSSR count). The van der Waals surface area contributed by atoms with Crippen molar-refractivity contribution in [3.63, 3.8) is 0 Å². The number of benzene rings is 2. The topological polar surface area (TPSA) is 95.7 Å². The van der Waals surface area contributed by atoms with Crippen LogP contribution >= 0.6 is 0 Å². The number of carboxylic acids is 1. The fourth-order valence-electron chi connectivity index (χ4n) is 5.43. The Bertz CT molecular complexity index is 1240. The highest BCUT2D eigenvalue weighted by atomic mass is 16.5. The van der Waals surface area contributed by atoms with Gasteiger partial charge in [0, 0.05) is 36.5 Å². The predicted octanol–water partition coefficient (Wildman–Crippen LogP) is 3.19. The number of rotatable bonds is 8. The van der Waals surface area contributed by atoms with Crippen LogP contribution in [0.4, 0.5) is 5.69 Å². The molecule has 2 heterocycles. The van der Waals surface area contributed by atoms with Gasteiger partial charge in [-0.05, 0) is 61.3 Å². The summed E-state index contributed by atoms with van der Waals surface area (Å²) in [5.74, 6) is 1.49. The van der Waals surface area contributed by atoms with E-state index in [0.29, 0.717) is 30.7 Å². The Morgan fingerprint density at radius 2 is 1.86 bits per heavy atom. The van der Waals surface area contributed by atoms with Gasteiger partial charge in [-0.3, -0.25) is 14.5 Å². The fourth-order valence-corrected chi connectivity index (χ4v) is 5.43. The first-order valence-corrected chi connectivity index (χ1v) is 12.8. The third-order valence-electron chi connectivity index (χ3n) is 7.50. The van der Waals surface area contributed by atoms with Crippen LogP contribution in [-0.2, 0) is 16.1 Å². The van der Waals surface area contributed by atoms with Crippen molar-refractivity contribution in [1.82, 2.24) is 5.32 Å². The van der Waals surface area contributed by atoms with E-state index < -0.39 is 5.97 Å². The van der Waals surface area contributed by atoms with E-state index in [1.54, 1.807) is 7.11 Å². The smallest absolute Gasteiger partial charge is 0.303 e. The Morgan fingerprint density at radius 1 is 1.11 bits per heavy atom.